The molecule has 10 heteroatoms. The lowest BCUT2D eigenvalue weighted by Gasteiger charge is -2.40. The Morgan fingerprint density at radius 3 is 2.45 bits per heavy atom. The number of cyclic esters (lactones) is 1. The monoisotopic (exact) mass is 479 g/mol. The molecule has 8 nitrogen and oxygen atoms in total. The van der Waals surface area contributed by atoms with Crippen LogP contribution >= 0.6 is 0 Å². The van der Waals surface area contributed by atoms with Crippen LogP contribution in [0.4, 0.5) is 20.6 Å². The van der Waals surface area contributed by atoms with E-state index in [1.807, 2.05) is 4.90 Å². The highest BCUT2D eigenvalue weighted by Gasteiger charge is 2.40. The van der Waals surface area contributed by atoms with Gasteiger partial charge in [0.1, 0.15) is 11.9 Å². The van der Waals surface area contributed by atoms with Gasteiger partial charge in [-0.2, -0.15) is 0 Å². The van der Waals surface area contributed by atoms with Crippen molar-refractivity contribution < 1.29 is 27.1 Å². The molecule has 3 heterocycles. The summed E-state index contributed by atoms with van der Waals surface area (Å²) >= 11 is 0. The van der Waals surface area contributed by atoms with Crippen LogP contribution in [0.5, 0.6) is 0 Å². The van der Waals surface area contributed by atoms with Crippen molar-refractivity contribution in [2.75, 3.05) is 47.5 Å². The van der Waals surface area contributed by atoms with Crippen LogP contribution in [0.15, 0.2) is 18.2 Å². The summed E-state index contributed by atoms with van der Waals surface area (Å²) in [5, 5.41) is 2.85. The summed E-state index contributed by atoms with van der Waals surface area (Å²) in [5.74, 6) is 0.896. The fraction of sp³-hybridized carbons (Fsp3) is 0.652. The molecule has 1 aromatic rings. The Bertz CT molecular complexity index is 1020. The van der Waals surface area contributed by atoms with Crippen molar-refractivity contribution in [1.29, 1.82) is 0 Å². The molecule has 4 fully saturated rings. The van der Waals surface area contributed by atoms with Crippen LogP contribution in [0.3, 0.4) is 0 Å². The molecule has 2 amide bonds. The molecule has 1 aliphatic carbocycles. The number of amides is 2. The number of hydrogen-bond donors (Lipinski definition) is 1. The minimum absolute atomic E-state index is 0.00819. The predicted octanol–water partition coefficient (Wildman–Crippen LogP) is 2.33. The molecule has 5 rings (SSSR count). The van der Waals surface area contributed by atoms with Gasteiger partial charge in [-0.1, -0.05) is 6.42 Å². The number of carbonyl (C=O) groups is 2. The third-order valence-corrected chi connectivity index (χ3v) is 9.45. The van der Waals surface area contributed by atoms with E-state index in [0.717, 1.165) is 32.1 Å². The molecule has 0 bridgehead atoms. The SMILES string of the molecule is O=C(NCC1CN(c2ccc(N3CCC(C4CS(=O)(=O)C4)CC3)c(F)c2)C(=O)O1)C1CCC1. The van der Waals surface area contributed by atoms with Crippen molar-refractivity contribution >= 4 is 33.2 Å². The van der Waals surface area contributed by atoms with E-state index in [0.29, 0.717) is 30.4 Å². The summed E-state index contributed by atoms with van der Waals surface area (Å²) in [6.07, 6.45) is 3.61. The first-order valence-electron chi connectivity index (χ1n) is 11.8. The summed E-state index contributed by atoms with van der Waals surface area (Å²) in [6, 6.07) is 4.77. The normalized spacial score (nSPS) is 26.0. The zero-order chi connectivity index (χ0) is 23.2. The number of nitrogens with one attached hydrogen (secondary N) is 1. The average molecular weight is 480 g/mol. The first-order valence-corrected chi connectivity index (χ1v) is 13.6. The van der Waals surface area contributed by atoms with Gasteiger partial charge in [0, 0.05) is 19.0 Å². The maximum Gasteiger partial charge on any atom is 0.414 e. The zero-order valence-corrected chi connectivity index (χ0v) is 19.4. The maximum atomic E-state index is 15.0. The van der Waals surface area contributed by atoms with Gasteiger partial charge < -0.3 is 15.0 Å². The van der Waals surface area contributed by atoms with Crippen molar-refractivity contribution in [1.82, 2.24) is 5.32 Å². The van der Waals surface area contributed by atoms with Crippen LogP contribution in [-0.4, -0.2) is 64.2 Å². The topological polar surface area (TPSA) is 96.0 Å². The number of halogens is 1. The molecule has 0 spiro atoms. The second kappa shape index (κ2) is 8.77. The van der Waals surface area contributed by atoms with Crippen LogP contribution in [-0.2, 0) is 19.4 Å². The Hall–Kier alpha value is -2.36. The van der Waals surface area contributed by atoms with Crippen LogP contribution < -0.4 is 15.1 Å². The molecule has 3 saturated heterocycles. The third kappa shape index (κ3) is 4.67. The molecule has 3 aliphatic heterocycles. The van der Waals surface area contributed by atoms with Gasteiger partial charge in [-0.15, -0.1) is 0 Å². The van der Waals surface area contributed by atoms with E-state index in [-0.39, 0.29) is 42.3 Å². The number of nitrogens with zero attached hydrogens (tertiary/aromatic N) is 2. The van der Waals surface area contributed by atoms with Crippen molar-refractivity contribution in [3.8, 4) is 0 Å². The number of benzene rings is 1. The summed E-state index contributed by atoms with van der Waals surface area (Å²) in [5.41, 5.74) is 0.930. The number of anilines is 2. The molecule has 33 heavy (non-hydrogen) atoms. The largest absolute Gasteiger partial charge is 0.442 e. The van der Waals surface area contributed by atoms with Gasteiger partial charge in [0.15, 0.2) is 9.84 Å². The van der Waals surface area contributed by atoms with Gasteiger partial charge in [0.2, 0.25) is 5.91 Å². The Labute approximate surface area is 193 Å². The molecular formula is C23H30FN3O5S. The van der Waals surface area contributed by atoms with Crippen LogP contribution in [0.25, 0.3) is 0 Å². The summed E-state index contributed by atoms with van der Waals surface area (Å²) in [4.78, 5) is 27.7. The molecule has 1 atom stereocenters. The van der Waals surface area contributed by atoms with Gasteiger partial charge in [-0.3, -0.25) is 9.69 Å². The highest BCUT2D eigenvalue weighted by molar-refractivity contribution is 7.92. The average Bonchev–Trinajstić information content (AvgIpc) is 3.10. The van der Waals surface area contributed by atoms with Crippen LogP contribution in [0, 0.1) is 23.6 Å². The highest BCUT2D eigenvalue weighted by Crippen LogP contribution is 2.36. The Morgan fingerprint density at radius 2 is 1.85 bits per heavy atom. The number of sulfone groups is 1. The lowest BCUT2D eigenvalue weighted by atomic mass is 9.85. The fourth-order valence-electron chi connectivity index (χ4n) is 5.28. The van der Waals surface area contributed by atoms with Gasteiger partial charge in [0.05, 0.1) is 36.0 Å². The second-order valence-corrected chi connectivity index (χ2v) is 11.9. The number of carbonyl (C=O) groups excluding carboxylic acids is 2. The van der Waals surface area contributed by atoms with Gasteiger partial charge in [-0.25, -0.2) is 17.6 Å². The molecule has 4 aliphatic rings. The van der Waals surface area contributed by atoms with E-state index >= 15 is 0 Å². The predicted molar refractivity (Wildman–Crippen MR) is 121 cm³/mol. The number of ether oxygens (including phenoxy) is 1. The third-order valence-electron chi connectivity index (χ3n) is 7.58. The smallest absolute Gasteiger partial charge is 0.414 e. The van der Waals surface area contributed by atoms with E-state index in [1.165, 1.54) is 11.0 Å². The van der Waals surface area contributed by atoms with E-state index in [9.17, 15) is 22.4 Å². The van der Waals surface area contributed by atoms with Crippen molar-refractivity contribution in [2.45, 2.75) is 38.2 Å². The number of rotatable bonds is 6. The summed E-state index contributed by atoms with van der Waals surface area (Å²) in [6.45, 7) is 1.89. The van der Waals surface area contributed by atoms with Crippen molar-refractivity contribution in [2.24, 2.45) is 17.8 Å². The van der Waals surface area contributed by atoms with Crippen LogP contribution in [0.1, 0.15) is 32.1 Å². The summed E-state index contributed by atoms with van der Waals surface area (Å²) in [7, 11) is -2.82. The standard InChI is InChI=1S/C23H30FN3O5S/c24-20-10-18(27-12-19(32-23(27)29)11-25-22(28)16-2-1-3-16)4-5-21(20)26-8-6-15(7-9-26)17-13-33(30,31)14-17/h4-5,10,15-17,19H,1-3,6-9,11-14H2,(H,25,28). The maximum absolute atomic E-state index is 15.0. The Kier molecular flexibility index (Phi) is 5.96. The lowest BCUT2D eigenvalue weighted by Crippen LogP contribution is -2.45. The number of piperidine rings is 1. The van der Waals surface area contributed by atoms with E-state index in [2.05, 4.69) is 5.32 Å². The minimum Gasteiger partial charge on any atom is -0.442 e. The van der Waals surface area contributed by atoms with Gasteiger partial charge in [-0.05, 0) is 55.7 Å². The van der Waals surface area contributed by atoms with E-state index in [1.54, 1.807) is 12.1 Å². The molecule has 180 valence electrons. The molecule has 1 saturated carbocycles. The first-order chi connectivity index (χ1) is 15.8. The molecule has 1 unspecified atom stereocenters. The Balaban J connectivity index is 1.15. The quantitative estimate of drug-likeness (QED) is 0.673. The summed E-state index contributed by atoms with van der Waals surface area (Å²) < 4.78 is 43.2. The highest BCUT2D eigenvalue weighted by atomic mass is 32.2. The molecule has 0 radical (unpaired) electrons. The lowest BCUT2D eigenvalue weighted by molar-refractivity contribution is -0.127. The van der Waals surface area contributed by atoms with E-state index in [4.69, 9.17) is 4.74 Å². The zero-order valence-electron chi connectivity index (χ0n) is 18.5. The fourth-order valence-corrected chi connectivity index (χ4v) is 7.03. The van der Waals surface area contributed by atoms with Crippen molar-refractivity contribution in [3.63, 3.8) is 0 Å². The van der Waals surface area contributed by atoms with Gasteiger partial charge in [0.25, 0.3) is 0 Å². The first kappa shape index (κ1) is 22.4. The number of hydrogen-bond acceptors (Lipinski definition) is 6. The van der Waals surface area contributed by atoms with E-state index < -0.39 is 27.9 Å². The minimum atomic E-state index is -2.82. The molecule has 0 aromatic heterocycles. The van der Waals surface area contributed by atoms with Crippen molar-refractivity contribution in [3.05, 3.63) is 24.0 Å². The molecule has 1 N–H and O–H groups in total. The molecular weight excluding hydrogens is 449 g/mol. The van der Waals surface area contributed by atoms with Crippen LogP contribution in [0.2, 0.25) is 0 Å². The Morgan fingerprint density at radius 1 is 1.12 bits per heavy atom. The molecule has 1 aromatic carbocycles. The second-order valence-electron chi connectivity index (χ2n) is 9.79. The van der Waals surface area contributed by atoms with Gasteiger partial charge >= 0.3 is 6.09 Å².